The van der Waals surface area contributed by atoms with Crippen molar-refractivity contribution in [3.8, 4) is 0 Å². The highest BCUT2D eigenvalue weighted by Crippen LogP contribution is 2.37. The Morgan fingerprint density at radius 1 is 1.40 bits per heavy atom. The molecule has 0 aromatic heterocycles. The third-order valence-electron chi connectivity index (χ3n) is 3.57. The van der Waals surface area contributed by atoms with E-state index in [-0.39, 0.29) is 0 Å². The van der Waals surface area contributed by atoms with Crippen LogP contribution in [-0.2, 0) is 6.42 Å². The van der Waals surface area contributed by atoms with E-state index in [2.05, 4.69) is 25.2 Å². The maximum atomic E-state index is 6.31. The highest BCUT2D eigenvalue weighted by atomic mass is 35.5. The first-order chi connectivity index (χ1) is 7.15. The van der Waals surface area contributed by atoms with E-state index in [0.717, 1.165) is 11.4 Å². The number of hydrogen-bond acceptors (Lipinski definition) is 1. The second-order valence-corrected chi connectivity index (χ2v) is 4.83. The number of nitrogens with one attached hydrogen (secondary N) is 1. The molecule has 0 amide bonds. The average Bonchev–Trinajstić information content (AvgIpc) is 2.25. The molecule has 0 fully saturated rings. The van der Waals surface area contributed by atoms with Crippen LogP contribution < -0.4 is 5.32 Å². The molecule has 0 aliphatic heterocycles. The van der Waals surface area contributed by atoms with Crippen LogP contribution in [0.15, 0.2) is 6.07 Å². The van der Waals surface area contributed by atoms with Crippen molar-refractivity contribution in [2.75, 3.05) is 7.05 Å². The summed E-state index contributed by atoms with van der Waals surface area (Å²) in [5, 5.41) is 4.35. The number of aryl methyl sites for hydroxylation is 1. The Balaban J connectivity index is 2.62. The van der Waals surface area contributed by atoms with Crippen LogP contribution in [0.2, 0.25) is 5.02 Å². The zero-order chi connectivity index (χ0) is 11.0. The van der Waals surface area contributed by atoms with Crippen LogP contribution in [-0.4, -0.2) is 7.05 Å². The maximum absolute atomic E-state index is 6.31. The van der Waals surface area contributed by atoms with E-state index in [1.165, 1.54) is 35.1 Å². The molecule has 0 radical (unpaired) electrons. The van der Waals surface area contributed by atoms with E-state index in [1.54, 1.807) is 0 Å². The number of halogens is 1. The molecule has 1 nitrogen and oxygen atoms in total. The highest BCUT2D eigenvalue weighted by Gasteiger charge is 2.23. The summed E-state index contributed by atoms with van der Waals surface area (Å²) in [4.78, 5) is 0. The smallest absolute Gasteiger partial charge is 0.0444 e. The molecule has 82 valence electrons. The minimum Gasteiger partial charge on any atom is -0.313 e. The van der Waals surface area contributed by atoms with Gasteiger partial charge in [-0.25, -0.2) is 0 Å². The number of hydrogen-bond donors (Lipinski definition) is 1. The van der Waals surface area contributed by atoms with E-state index >= 15 is 0 Å². The summed E-state index contributed by atoms with van der Waals surface area (Å²) in [6.07, 6.45) is 3.60. The van der Waals surface area contributed by atoms with Gasteiger partial charge >= 0.3 is 0 Å². The molecular formula is C13H18ClN. The predicted octanol–water partition coefficient (Wildman–Crippen LogP) is 3.55. The normalized spacial score (nSPS) is 20.1. The molecule has 2 rings (SSSR count). The lowest BCUT2D eigenvalue weighted by Crippen LogP contribution is -2.23. The molecule has 2 heteroatoms. The van der Waals surface area contributed by atoms with Crippen molar-refractivity contribution < 1.29 is 0 Å². The van der Waals surface area contributed by atoms with Crippen molar-refractivity contribution in [1.29, 1.82) is 0 Å². The van der Waals surface area contributed by atoms with Gasteiger partial charge in [0.1, 0.15) is 0 Å². The topological polar surface area (TPSA) is 12.0 Å². The molecule has 1 atom stereocenters. The Bertz CT molecular complexity index is 385. The molecular weight excluding hydrogens is 206 g/mol. The van der Waals surface area contributed by atoms with Gasteiger partial charge in [0.05, 0.1) is 0 Å². The van der Waals surface area contributed by atoms with Crippen LogP contribution in [0, 0.1) is 13.8 Å². The van der Waals surface area contributed by atoms with Crippen LogP contribution in [0.4, 0.5) is 0 Å². The summed E-state index contributed by atoms with van der Waals surface area (Å²) < 4.78 is 0. The monoisotopic (exact) mass is 223 g/mol. The largest absolute Gasteiger partial charge is 0.313 e. The minimum absolute atomic E-state index is 0.492. The number of rotatable bonds is 1. The van der Waals surface area contributed by atoms with E-state index in [1.807, 2.05) is 7.05 Å². The summed E-state index contributed by atoms with van der Waals surface area (Å²) in [6, 6.07) is 2.60. The standard InChI is InChI=1S/C13H18ClN/c1-8-7-11(14)10-5-4-6-12(15-3)13(10)9(8)2/h7,12,15H,4-6H2,1-3H3. The van der Waals surface area contributed by atoms with Crippen molar-refractivity contribution in [3.63, 3.8) is 0 Å². The Morgan fingerprint density at radius 3 is 2.80 bits per heavy atom. The van der Waals surface area contributed by atoms with Gasteiger partial charge in [-0.1, -0.05) is 11.6 Å². The highest BCUT2D eigenvalue weighted by molar-refractivity contribution is 6.31. The van der Waals surface area contributed by atoms with E-state index in [4.69, 9.17) is 11.6 Å². The Morgan fingerprint density at radius 2 is 2.13 bits per heavy atom. The fourth-order valence-electron chi connectivity index (χ4n) is 2.59. The van der Waals surface area contributed by atoms with Gasteiger partial charge in [0.25, 0.3) is 0 Å². The van der Waals surface area contributed by atoms with Crippen LogP contribution in [0.1, 0.15) is 41.1 Å². The van der Waals surface area contributed by atoms with Crippen molar-refractivity contribution in [2.24, 2.45) is 0 Å². The molecule has 1 unspecified atom stereocenters. The van der Waals surface area contributed by atoms with Gasteiger partial charge < -0.3 is 5.32 Å². The Labute approximate surface area is 96.8 Å². The molecule has 1 aliphatic rings. The lowest BCUT2D eigenvalue weighted by molar-refractivity contribution is 0.494. The molecule has 1 N–H and O–H groups in total. The SMILES string of the molecule is CNC1CCCc2c(Cl)cc(C)c(C)c21. The van der Waals surface area contributed by atoms with Gasteiger partial charge in [-0.2, -0.15) is 0 Å². The molecule has 1 aromatic rings. The van der Waals surface area contributed by atoms with E-state index < -0.39 is 0 Å². The molecule has 0 spiro atoms. The Kier molecular flexibility index (Phi) is 3.03. The summed E-state index contributed by atoms with van der Waals surface area (Å²) in [5.74, 6) is 0. The van der Waals surface area contributed by atoms with Crippen molar-refractivity contribution in [3.05, 3.63) is 33.3 Å². The van der Waals surface area contributed by atoms with Crippen LogP contribution in [0.3, 0.4) is 0 Å². The van der Waals surface area contributed by atoms with Crippen LogP contribution in [0.5, 0.6) is 0 Å². The number of benzene rings is 1. The van der Waals surface area contributed by atoms with E-state index in [0.29, 0.717) is 6.04 Å². The first-order valence-corrected chi connectivity index (χ1v) is 5.98. The van der Waals surface area contributed by atoms with Crippen LogP contribution in [0.25, 0.3) is 0 Å². The minimum atomic E-state index is 0.492. The zero-order valence-corrected chi connectivity index (χ0v) is 10.4. The van der Waals surface area contributed by atoms with Gasteiger partial charge in [0, 0.05) is 11.1 Å². The predicted molar refractivity (Wildman–Crippen MR) is 65.7 cm³/mol. The quantitative estimate of drug-likeness (QED) is 0.768. The molecule has 0 saturated carbocycles. The fourth-order valence-corrected chi connectivity index (χ4v) is 2.95. The molecule has 0 heterocycles. The van der Waals surface area contributed by atoms with Gasteiger partial charge in [0.2, 0.25) is 0 Å². The van der Waals surface area contributed by atoms with Gasteiger partial charge in [-0.15, -0.1) is 0 Å². The molecule has 1 aliphatic carbocycles. The van der Waals surface area contributed by atoms with Gasteiger partial charge in [-0.05, 0) is 68.5 Å². The maximum Gasteiger partial charge on any atom is 0.0444 e. The summed E-state index contributed by atoms with van der Waals surface area (Å²) in [5.41, 5.74) is 5.54. The first kappa shape index (κ1) is 11.0. The van der Waals surface area contributed by atoms with Crippen LogP contribution >= 0.6 is 11.6 Å². The second-order valence-electron chi connectivity index (χ2n) is 4.43. The third-order valence-corrected chi connectivity index (χ3v) is 3.91. The Hall–Kier alpha value is -0.530. The van der Waals surface area contributed by atoms with Crippen molar-refractivity contribution in [2.45, 2.75) is 39.2 Å². The van der Waals surface area contributed by atoms with Gasteiger partial charge in [0.15, 0.2) is 0 Å². The van der Waals surface area contributed by atoms with E-state index in [9.17, 15) is 0 Å². The molecule has 0 bridgehead atoms. The molecule has 0 saturated heterocycles. The zero-order valence-electron chi connectivity index (χ0n) is 9.65. The molecule has 15 heavy (non-hydrogen) atoms. The first-order valence-electron chi connectivity index (χ1n) is 5.61. The summed E-state index contributed by atoms with van der Waals surface area (Å²) in [7, 11) is 2.04. The second kappa shape index (κ2) is 4.15. The molecule has 1 aromatic carbocycles. The fraction of sp³-hybridized carbons (Fsp3) is 0.538. The summed E-state index contributed by atoms with van der Waals surface area (Å²) in [6.45, 7) is 4.35. The van der Waals surface area contributed by atoms with Gasteiger partial charge in [-0.3, -0.25) is 0 Å². The number of fused-ring (bicyclic) bond motifs is 1. The lowest BCUT2D eigenvalue weighted by atomic mass is 9.83. The van der Waals surface area contributed by atoms with Crippen molar-refractivity contribution in [1.82, 2.24) is 5.32 Å². The third kappa shape index (κ3) is 1.79. The summed E-state index contributed by atoms with van der Waals surface area (Å²) >= 11 is 6.31. The van der Waals surface area contributed by atoms with Crippen molar-refractivity contribution >= 4 is 11.6 Å². The lowest BCUT2D eigenvalue weighted by Gasteiger charge is -2.28. The average molecular weight is 224 g/mol.